The molecule has 5 nitrogen and oxygen atoms in total. The van der Waals surface area contributed by atoms with Gasteiger partial charge < -0.3 is 19.9 Å². The molecule has 0 saturated heterocycles. The SMILES string of the molecule is CC(=O)OCCc1cc2c(cc1N)OCO2. The van der Waals surface area contributed by atoms with Crippen LogP contribution in [-0.2, 0) is 16.0 Å². The van der Waals surface area contributed by atoms with Crippen LogP contribution in [0.4, 0.5) is 5.69 Å². The Morgan fingerprint density at radius 1 is 1.44 bits per heavy atom. The van der Waals surface area contributed by atoms with Crippen LogP contribution < -0.4 is 15.2 Å². The number of hydrogen-bond acceptors (Lipinski definition) is 5. The lowest BCUT2D eigenvalue weighted by atomic mass is 10.1. The van der Waals surface area contributed by atoms with E-state index in [2.05, 4.69) is 0 Å². The van der Waals surface area contributed by atoms with E-state index in [1.54, 1.807) is 6.07 Å². The second-order valence-electron chi connectivity index (χ2n) is 3.49. The topological polar surface area (TPSA) is 70.8 Å². The predicted octanol–water partition coefficient (Wildman–Crippen LogP) is 1.10. The van der Waals surface area contributed by atoms with Gasteiger partial charge in [-0.2, -0.15) is 0 Å². The first-order valence-electron chi connectivity index (χ1n) is 4.98. The highest BCUT2D eigenvalue weighted by molar-refractivity contribution is 5.66. The Labute approximate surface area is 93.1 Å². The average Bonchev–Trinajstić information content (AvgIpc) is 2.64. The second kappa shape index (κ2) is 4.30. The van der Waals surface area contributed by atoms with Gasteiger partial charge in [-0.05, 0) is 11.6 Å². The molecule has 1 aromatic carbocycles. The molecule has 16 heavy (non-hydrogen) atoms. The Hall–Kier alpha value is -1.91. The number of esters is 1. The number of rotatable bonds is 3. The van der Waals surface area contributed by atoms with Gasteiger partial charge in [-0.15, -0.1) is 0 Å². The number of carbonyl (C=O) groups is 1. The normalized spacial score (nSPS) is 12.6. The maximum atomic E-state index is 10.6. The fourth-order valence-electron chi connectivity index (χ4n) is 1.52. The van der Waals surface area contributed by atoms with Crippen LogP contribution in [0.3, 0.4) is 0 Å². The minimum absolute atomic E-state index is 0.224. The van der Waals surface area contributed by atoms with Crippen molar-refractivity contribution in [2.45, 2.75) is 13.3 Å². The molecule has 0 amide bonds. The Morgan fingerprint density at radius 2 is 2.12 bits per heavy atom. The van der Waals surface area contributed by atoms with Gasteiger partial charge in [-0.1, -0.05) is 0 Å². The lowest BCUT2D eigenvalue weighted by Crippen LogP contribution is -2.05. The molecule has 0 aliphatic carbocycles. The molecule has 0 unspecified atom stereocenters. The Balaban J connectivity index is 2.06. The highest BCUT2D eigenvalue weighted by Crippen LogP contribution is 2.35. The first kappa shape index (κ1) is 10.6. The van der Waals surface area contributed by atoms with Crippen LogP contribution in [0.15, 0.2) is 12.1 Å². The van der Waals surface area contributed by atoms with Crippen molar-refractivity contribution in [3.8, 4) is 11.5 Å². The first-order chi connectivity index (χ1) is 7.66. The van der Waals surface area contributed by atoms with E-state index >= 15 is 0 Å². The molecule has 2 rings (SSSR count). The minimum Gasteiger partial charge on any atom is -0.466 e. The number of nitrogens with two attached hydrogens (primary N) is 1. The minimum atomic E-state index is -0.292. The maximum Gasteiger partial charge on any atom is 0.302 e. The molecule has 0 bridgehead atoms. The maximum absolute atomic E-state index is 10.6. The summed E-state index contributed by atoms with van der Waals surface area (Å²) >= 11 is 0. The summed E-state index contributed by atoms with van der Waals surface area (Å²) in [4.78, 5) is 10.6. The summed E-state index contributed by atoms with van der Waals surface area (Å²) in [7, 11) is 0. The van der Waals surface area contributed by atoms with Gasteiger partial charge in [0.1, 0.15) is 0 Å². The number of hydrogen-bond donors (Lipinski definition) is 1. The van der Waals surface area contributed by atoms with Gasteiger partial charge >= 0.3 is 5.97 Å². The number of carbonyl (C=O) groups excluding carboxylic acids is 1. The Bertz CT molecular complexity index is 417. The summed E-state index contributed by atoms with van der Waals surface area (Å²) in [6, 6.07) is 3.55. The third-order valence-electron chi connectivity index (χ3n) is 2.31. The summed E-state index contributed by atoms with van der Waals surface area (Å²) in [5.74, 6) is 1.06. The van der Waals surface area contributed by atoms with Crippen molar-refractivity contribution in [1.29, 1.82) is 0 Å². The van der Waals surface area contributed by atoms with Crippen molar-refractivity contribution in [3.63, 3.8) is 0 Å². The molecule has 1 aliphatic rings. The van der Waals surface area contributed by atoms with Gasteiger partial charge in [0.15, 0.2) is 11.5 Å². The van der Waals surface area contributed by atoms with Gasteiger partial charge in [0.25, 0.3) is 0 Å². The molecule has 0 atom stereocenters. The largest absolute Gasteiger partial charge is 0.466 e. The standard InChI is InChI=1S/C11H13NO4/c1-7(13)14-3-2-8-4-10-11(5-9(8)12)16-6-15-10/h4-5H,2-3,6,12H2,1H3. The van der Waals surface area contributed by atoms with Crippen LogP contribution in [0.2, 0.25) is 0 Å². The van der Waals surface area contributed by atoms with Crippen molar-refractivity contribution in [2.24, 2.45) is 0 Å². The lowest BCUT2D eigenvalue weighted by Gasteiger charge is -2.07. The van der Waals surface area contributed by atoms with E-state index in [0.29, 0.717) is 30.2 Å². The third kappa shape index (κ3) is 2.18. The average molecular weight is 223 g/mol. The highest BCUT2D eigenvalue weighted by atomic mass is 16.7. The lowest BCUT2D eigenvalue weighted by molar-refractivity contribution is -0.140. The van der Waals surface area contributed by atoms with Crippen LogP contribution >= 0.6 is 0 Å². The monoisotopic (exact) mass is 223 g/mol. The van der Waals surface area contributed by atoms with Crippen molar-refractivity contribution in [3.05, 3.63) is 17.7 Å². The summed E-state index contributed by atoms with van der Waals surface area (Å²) in [6.07, 6.45) is 0.571. The smallest absolute Gasteiger partial charge is 0.302 e. The van der Waals surface area contributed by atoms with Crippen molar-refractivity contribution in [2.75, 3.05) is 19.1 Å². The number of ether oxygens (including phenoxy) is 3. The fourth-order valence-corrected chi connectivity index (χ4v) is 1.52. The molecule has 2 N–H and O–H groups in total. The van der Waals surface area contributed by atoms with Gasteiger partial charge in [-0.25, -0.2) is 0 Å². The van der Waals surface area contributed by atoms with Gasteiger partial charge in [-0.3, -0.25) is 4.79 Å². The van der Waals surface area contributed by atoms with Crippen LogP contribution in [0.5, 0.6) is 11.5 Å². The van der Waals surface area contributed by atoms with Gasteiger partial charge in [0.05, 0.1) is 6.61 Å². The molecule has 1 heterocycles. The quantitative estimate of drug-likeness (QED) is 0.613. The van der Waals surface area contributed by atoms with Crippen LogP contribution in [-0.4, -0.2) is 19.4 Å². The molecule has 0 spiro atoms. The van der Waals surface area contributed by atoms with E-state index in [1.807, 2.05) is 6.07 Å². The molecule has 1 aromatic rings. The first-order valence-corrected chi connectivity index (χ1v) is 4.98. The molecular weight excluding hydrogens is 210 g/mol. The fraction of sp³-hybridized carbons (Fsp3) is 0.364. The number of anilines is 1. The van der Waals surface area contributed by atoms with Crippen LogP contribution in [0, 0.1) is 0 Å². The van der Waals surface area contributed by atoms with E-state index in [-0.39, 0.29) is 12.8 Å². The molecule has 0 saturated carbocycles. The molecular formula is C11H13NO4. The van der Waals surface area contributed by atoms with Crippen molar-refractivity contribution >= 4 is 11.7 Å². The Morgan fingerprint density at radius 3 is 2.81 bits per heavy atom. The molecule has 5 heteroatoms. The highest BCUT2D eigenvalue weighted by Gasteiger charge is 2.15. The number of nitrogen functional groups attached to an aromatic ring is 1. The molecule has 1 aliphatic heterocycles. The zero-order chi connectivity index (χ0) is 11.5. The summed E-state index contributed by atoms with van der Waals surface area (Å²) in [5.41, 5.74) is 7.35. The molecule has 0 radical (unpaired) electrons. The molecule has 0 fully saturated rings. The zero-order valence-electron chi connectivity index (χ0n) is 8.99. The Kier molecular flexibility index (Phi) is 2.85. The van der Waals surface area contributed by atoms with Gasteiger partial charge in [0.2, 0.25) is 6.79 Å². The summed E-state index contributed by atoms with van der Waals surface area (Å²) in [5, 5.41) is 0. The van der Waals surface area contributed by atoms with E-state index in [1.165, 1.54) is 6.92 Å². The van der Waals surface area contributed by atoms with E-state index < -0.39 is 0 Å². The van der Waals surface area contributed by atoms with Gasteiger partial charge in [0, 0.05) is 25.1 Å². The van der Waals surface area contributed by atoms with Crippen molar-refractivity contribution < 1.29 is 19.0 Å². The molecule has 86 valence electrons. The zero-order valence-corrected chi connectivity index (χ0v) is 8.99. The second-order valence-corrected chi connectivity index (χ2v) is 3.49. The summed E-state index contributed by atoms with van der Waals surface area (Å²) < 4.78 is 15.3. The van der Waals surface area contributed by atoms with Crippen LogP contribution in [0.25, 0.3) is 0 Å². The summed E-state index contributed by atoms with van der Waals surface area (Å²) in [6.45, 7) is 1.92. The third-order valence-corrected chi connectivity index (χ3v) is 2.31. The molecule has 0 aromatic heterocycles. The van der Waals surface area contributed by atoms with Crippen molar-refractivity contribution in [1.82, 2.24) is 0 Å². The number of fused-ring (bicyclic) bond motifs is 1. The van der Waals surface area contributed by atoms with E-state index in [9.17, 15) is 4.79 Å². The number of benzene rings is 1. The van der Waals surface area contributed by atoms with E-state index in [0.717, 1.165) is 5.56 Å². The van der Waals surface area contributed by atoms with E-state index in [4.69, 9.17) is 19.9 Å². The predicted molar refractivity (Wildman–Crippen MR) is 57.3 cm³/mol. The van der Waals surface area contributed by atoms with Crippen LogP contribution in [0.1, 0.15) is 12.5 Å².